The number of hydrogen-bond acceptors (Lipinski definition) is 4. The highest BCUT2D eigenvalue weighted by Gasteiger charge is 2.08. The normalized spacial score (nSPS) is 11.0. The summed E-state index contributed by atoms with van der Waals surface area (Å²) in [6.07, 6.45) is 2.52. The van der Waals surface area contributed by atoms with E-state index in [1.807, 2.05) is 6.92 Å². The van der Waals surface area contributed by atoms with Gasteiger partial charge in [0.05, 0.1) is 5.01 Å². The van der Waals surface area contributed by atoms with Crippen molar-refractivity contribution < 1.29 is 10.2 Å². The van der Waals surface area contributed by atoms with Gasteiger partial charge in [-0.15, -0.1) is 11.3 Å². The minimum Gasteiger partial charge on any atom is -0.396 e. The van der Waals surface area contributed by atoms with E-state index in [1.54, 1.807) is 17.5 Å². The molecule has 68 valence electrons. The molecule has 0 aliphatic carbocycles. The number of nitrogens with zero attached hydrogens (tertiary/aromatic N) is 1. The third-order valence-electron chi connectivity index (χ3n) is 1.68. The van der Waals surface area contributed by atoms with Crippen molar-refractivity contribution in [1.29, 1.82) is 0 Å². The van der Waals surface area contributed by atoms with Gasteiger partial charge in [-0.1, -0.05) is 0 Å². The molecule has 0 saturated heterocycles. The zero-order valence-corrected chi connectivity index (χ0v) is 7.84. The van der Waals surface area contributed by atoms with E-state index in [1.165, 1.54) is 0 Å². The summed E-state index contributed by atoms with van der Waals surface area (Å²) in [4.78, 5) is 5.22. The lowest BCUT2D eigenvalue weighted by Gasteiger charge is -2.07. The first kappa shape index (κ1) is 9.64. The van der Waals surface area contributed by atoms with Gasteiger partial charge in [-0.05, 0) is 13.3 Å². The van der Waals surface area contributed by atoms with E-state index in [2.05, 4.69) is 4.98 Å². The maximum absolute atomic E-state index is 8.82. The Kier molecular flexibility index (Phi) is 3.65. The van der Waals surface area contributed by atoms with Crippen LogP contribution in [-0.2, 0) is 6.42 Å². The summed E-state index contributed by atoms with van der Waals surface area (Å²) in [6.45, 7) is 2.02. The second kappa shape index (κ2) is 4.54. The van der Waals surface area contributed by atoms with Crippen LogP contribution in [0.2, 0.25) is 0 Å². The Balaban J connectivity index is 2.50. The average molecular weight is 187 g/mol. The molecule has 0 bridgehead atoms. The second-order valence-electron chi connectivity index (χ2n) is 2.78. The Hall–Kier alpha value is -0.450. The lowest BCUT2D eigenvalue weighted by atomic mass is 10.1. The van der Waals surface area contributed by atoms with Gasteiger partial charge in [-0.25, -0.2) is 4.98 Å². The first-order valence-electron chi connectivity index (χ1n) is 3.89. The fourth-order valence-corrected chi connectivity index (χ4v) is 1.88. The molecule has 0 amide bonds. The maximum atomic E-state index is 8.82. The molecule has 3 nitrogen and oxygen atoms in total. The molecule has 0 fully saturated rings. The van der Waals surface area contributed by atoms with Crippen LogP contribution in [0.25, 0.3) is 0 Å². The Morgan fingerprint density at radius 3 is 2.58 bits per heavy atom. The lowest BCUT2D eigenvalue weighted by molar-refractivity contribution is 0.150. The number of aliphatic hydroxyl groups is 2. The molecule has 0 spiro atoms. The Labute approximate surface area is 75.7 Å². The van der Waals surface area contributed by atoms with Crippen molar-refractivity contribution >= 4 is 11.3 Å². The number of aliphatic hydroxyl groups excluding tert-OH is 2. The van der Waals surface area contributed by atoms with Crippen LogP contribution in [0.5, 0.6) is 0 Å². The van der Waals surface area contributed by atoms with Gasteiger partial charge in [-0.2, -0.15) is 0 Å². The fraction of sp³-hybridized carbons (Fsp3) is 0.625. The summed E-state index contributed by atoms with van der Waals surface area (Å²) in [7, 11) is 0. The molecule has 1 rings (SSSR count). The zero-order valence-electron chi connectivity index (χ0n) is 7.03. The SMILES string of the molecule is Cc1ncc(CC(CO)CO)s1. The van der Waals surface area contributed by atoms with Crippen molar-refractivity contribution in [2.75, 3.05) is 13.2 Å². The van der Waals surface area contributed by atoms with E-state index in [-0.39, 0.29) is 19.1 Å². The minimum atomic E-state index is -0.0372. The van der Waals surface area contributed by atoms with Gasteiger partial charge < -0.3 is 10.2 Å². The van der Waals surface area contributed by atoms with Crippen LogP contribution in [-0.4, -0.2) is 28.4 Å². The van der Waals surface area contributed by atoms with Crippen LogP contribution in [0.1, 0.15) is 9.88 Å². The van der Waals surface area contributed by atoms with E-state index in [0.717, 1.165) is 16.3 Å². The lowest BCUT2D eigenvalue weighted by Crippen LogP contribution is -2.13. The predicted molar refractivity (Wildman–Crippen MR) is 48.2 cm³/mol. The number of aryl methyl sites for hydroxylation is 1. The van der Waals surface area contributed by atoms with Gasteiger partial charge in [0.15, 0.2) is 0 Å². The maximum Gasteiger partial charge on any atom is 0.0896 e. The van der Waals surface area contributed by atoms with E-state index < -0.39 is 0 Å². The summed E-state index contributed by atoms with van der Waals surface area (Å²) >= 11 is 1.61. The van der Waals surface area contributed by atoms with Crippen molar-refractivity contribution in [3.63, 3.8) is 0 Å². The van der Waals surface area contributed by atoms with E-state index >= 15 is 0 Å². The van der Waals surface area contributed by atoms with E-state index in [9.17, 15) is 0 Å². The fourth-order valence-electron chi connectivity index (χ4n) is 0.971. The quantitative estimate of drug-likeness (QED) is 0.725. The number of thiazole rings is 1. The van der Waals surface area contributed by atoms with Gasteiger partial charge in [0, 0.05) is 30.2 Å². The number of hydrogen-bond donors (Lipinski definition) is 2. The van der Waals surface area contributed by atoms with Crippen molar-refractivity contribution in [3.05, 3.63) is 16.1 Å². The standard InChI is InChI=1S/C8H13NO2S/c1-6-9-3-8(12-6)2-7(4-10)5-11/h3,7,10-11H,2,4-5H2,1H3. The van der Waals surface area contributed by atoms with Crippen LogP contribution in [0.4, 0.5) is 0 Å². The van der Waals surface area contributed by atoms with Gasteiger partial charge in [0.2, 0.25) is 0 Å². The summed E-state index contributed by atoms with van der Waals surface area (Å²) < 4.78 is 0. The molecular formula is C8H13NO2S. The highest BCUT2D eigenvalue weighted by Crippen LogP contribution is 2.15. The summed E-state index contributed by atoms with van der Waals surface area (Å²) in [5, 5.41) is 18.7. The third kappa shape index (κ3) is 2.55. The van der Waals surface area contributed by atoms with Gasteiger partial charge in [0.25, 0.3) is 0 Å². The first-order chi connectivity index (χ1) is 5.76. The molecule has 12 heavy (non-hydrogen) atoms. The molecular weight excluding hydrogens is 174 g/mol. The Bertz CT molecular complexity index is 233. The molecule has 0 aromatic carbocycles. The van der Waals surface area contributed by atoms with E-state index in [4.69, 9.17) is 10.2 Å². The third-order valence-corrected chi connectivity index (χ3v) is 2.61. The van der Waals surface area contributed by atoms with Crippen LogP contribution in [0, 0.1) is 12.8 Å². The smallest absolute Gasteiger partial charge is 0.0896 e. The molecule has 0 saturated carbocycles. The van der Waals surface area contributed by atoms with Crippen molar-refractivity contribution in [2.24, 2.45) is 5.92 Å². The molecule has 0 aliphatic rings. The highest BCUT2D eigenvalue weighted by molar-refractivity contribution is 7.11. The molecule has 0 aliphatic heterocycles. The van der Waals surface area contributed by atoms with Crippen LogP contribution in [0.3, 0.4) is 0 Å². The Morgan fingerprint density at radius 2 is 2.17 bits per heavy atom. The van der Waals surface area contributed by atoms with Crippen LogP contribution in [0.15, 0.2) is 6.20 Å². The minimum absolute atomic E-state index is 0.0352. The summed E-state index contributed by atoms with van der Waals surface area (Å²) in [5.74, 6) is -0.0372. The Morgan fingerprint density at radius 1 is 1.50 bits per heavy atom. The van der Waals surface area contributed by atoms with Gasteiger partial charge in [-0.3, -0.25) is 0 Å². The van der Waals surface area contributed by atoms with Crippen LogP contribution < -0.4 is 0 Å². The molecule has 0 unspecified atom stereocenters. The number of rotatable bonds is 4. The first-order valence-corrected chi connectivity index (χ1v) is 4.71. The highest BCUT2D eigenvalue weighted by atomic mass is 32.1. The molecule has 0 radical (unpaired) electrons. The molecule has 0 atom stereocenters. The zero-order chi connectivity index (χ0) is 8.97. The molecule has 2 N–H and O–H groups in total. The van der Waals surface area contributed by atoms with Crippen molar-refractivity contribution in [3.8, 4) is 0 Å². The predicted octanol–water partition coefficient (Wildman–Crippen LogP) is 0.595. The van der Waals surface area contributed by atoms with Crippen molar-refractivity contribution in [2.45, 2.75) is 13.3 Å². The second-order valence-corrected chi connectivity index (χ2v) is 4.10. The van der Waals surface area contributed by atoms with Gasteiger partial charge in [0.1, 0.15) is 0 Å². The summed E-state index contributed by atoms with van der Waals surface area (Å²) in [6, 6.07) is 0. The monoisotopic (exact) mass is 187 g/mol. The largest absolute Gasteiger partial charge is 0.396 e. The van der Waals surface area contributed by atoms with Crippen molar-refractivity contribution in [1.82, 2.24) is 4.98 Å². The van der Waals surface area contributed by atoms with Crippen LogP contribution >= 0.6 is 11.3 Å². The molecule has 1 heterocycles. The molecule has 1 aromatic heterocycles. The summed E-state index contributed by atoms with van der Waals surface area (Å²) in [5.41, 5.74) is 0. The average Bonchev–Trinajstić information content (AvgIpc) is 2.47. The topological polar surface area (TPSA) is 53.4 Å². The molecule has 4 heteroatoms. The van der Waals surface area contributed by atoms with Gasteiger partial charge >= 0.3 is 0 Å². The molecule has 1 aromatic rings. The number of aromatic nitrogens is 1. The van der Waals surface area contributed by atoms with E-state index in [0.29, 0.717) is 0 Å².